The standard InChI is InChI=1S/C24H20ClFN2O3S/c25-21-12-18(6-10-22(21)26)17-4-8-20(9-5-17)31-14-19(28-23(29)15-32-24(28)30)7-3-16-2-1-11-27-13-16/h1-2,4-6,8-13,19H,3,7,14-15H2. The van der Waals surface area contributed by atoms with Gasteiger partial charge in [0, 0.05) is 12.4 Å². The number of aromatic nitrogens is 1. The van der Waals surface area contributed by atoms with Crippen molar-refractivity contribution in [2.75, 3.05) is 12.4 Å². The number of nitrogens with zero attached hydrogens (tertiary/aromatic N) is 2. The Bertz CT molecular complexity index is 1100. The summed E-state index contributed by atoms with van der Waals surface area (Å²) in [5.41, 5.74) is 2.70. The average molecular weight is 471 g/mol. The Balaban J connectivity index is 1.44. The monoisotopic (exact) mass is 470 g/mol. The Hall–Kier alpha value is -2.90. The molecule has 1 unspecified atom stereocenters. The number of rotatable bonds is 8. The first-order valence-electron chi connectivity index (χ1n) is 10.1. The zero-order valence-corrected chi connectivity index (χ0v) is 18.6. The highest BCUT2D eigenvalue weighted by Gasteiger charge is 2.36. The van der Waals surface area contributed by atoms with E-state index in [1.807, 2.05) is 24.3 Å². The summed E-state index contributed by atoms with van der Waals surface area (Å²) in [7, 11) is 0. The third-order valence-corrected chi connectivity index (χ3v) is 6.31. The predicted molar refractivity (Wildman–Crippen MR) is 123 cm³/mol. The molecule has 4 rings (SSSR count). The maximum absolute atomic E-state index is 13.4. The molecule has 1 saturated heterocycles. The molecule has 1 atom stereocenters. The van der Waals surface area contributed by atoms with E-state index in [-0.39, 0.29) is 34.6 Å². The van der Waals surface area contributed by atoms with Crippen LogP contribution in [0.5, 0.6) is 5.75 Å². The van der Waals surface area contributed by atoms with Crippen LogP contribution in [0.2, 0.25) is 5.02 Å². The fraction of sp³-hybridized carbons (Fsp3) is 0.208. The van der Waals surface area contributed by atoms with Gasteiger partial charge in [-0.1, -0.05) is 47.6 Å². The van der Waals surface area contributed by atoms with Crippen molar-refractivity contribution < 1.29 is 18.7 Å². The number of amides is 2. The van der Waals surface area contributed by atoms with E-state index >= 15 is 0 Å². The molecule has 2 amide bonds. The Morgan fingerprint density at radius 2 is 1.91 bits per heavy atom. The highest BCUT2D eigenvalue weighted by molar-refractivity contribution is 8.14. The van der Waals surface area contributed by atoms with E-state index in [0.29, 0.717) is 18.6 Å². The summed E-state index contributed by atoms with van der Waals surface area (Å²) in [4.78, 5) is 30.0. The fourth-order valence-corrected chi connectivity index (χ4v) is 4.45. The van der Waals surface area contributed by atoms with Gasteiger partial charge < -0.3 is 4.74 Å². The minimum Gasteiger partial charge on any atom is -0.491 e. The second-order valence-corrected chi connectivity index (χ2v) is 8.67. The molecular weight excluding hydrogens is 451 g/mol. The number of imide groups is 1. The van der Waals surface area contributed by atoms with Crippen LogP contribution in [0.25, 0.3) is 11.1 Å². The summed E-state index contributed by atoms with van der Waals surface area (Å²) >= 11 is 6.89. The fourth-order valence-electron chi connectivity index (χ4n) is 3.50. The van der Waals surface area contributed by atoms with E-state index in [1.54, 1.807) is 36.7 Å². The number of ether oxygens (including phenoxy) is 1. The molecule has 2 aromatic carbocycles. The Morgan fingerprint density at radius 1 is 1.12 bits per heavy atom. The highest BCUT2D eigenvalue weighted by Crippen LogP contribution is 2.28. The molecule has 1 fully saturated rings. The van der Waals surface area contributed by atoms with Gasteiger partial charge in [0.15, 0.2) is 0 Å². The van der Waals surface area contributed by atoms with Crippen LogP contribution in [0.15, 0.2) is 67.0 Å². The van der Waals surface area contributed by atoms with Crippen LogP contribution in [0.1, 0.15) is 12.0 Å². The normalized spacial score (nSPS) is 14.6. The highest BCUT2D eigenvalue weighted by atomic mass is 35.5. The molecule has 1 aliphatic heterocycles. The molecule has 0 N–H and O–H groups in total. The van der Waals surface area contributed by atoms with Crippen molar-refractivity contribution >= 4 is 34.5 Å². The number of halogens is 2. The molecule has 0 radical (unpaired) electrons. The van der Waals surface area contributed by atoms with Gasteiger partial charge in [-0.3, -0.25) is 19.5 Å². The number of hydrogen-bond acceptors (Lipinski definition) is 5. The van der Waals surface area contributed by atoms with Crippen molar-refractivity contribution in [1.82, 2.24) is 9.88 Å². The van der Waals surface area contributed by atoms with Gasteiger partial charge in [-0.2, -0.15) is 0 Å². The molecule has 0 bridgehead atoms. The zero-order chi connectivity index (χ0) is 22.5. The summed E-state index contributed by atoms with van der Waals surface area (Å²) in [5.74, 6) is 0.122. The van der Waals surface area contributed by atoms with Gasteiger partial charge in [0.25, 0.3) is 5.24 Å². The number of benzene rings is 2. The molecule has 0 saturated carbocycles. The largest absolute Gasteiger partial charge is 0.491 e. The first-order valence-corrected chi connectivity index (χ1v) is 11.4. The van der Waals surface area contributed by atoms with Crippen molar-refractivity contribution in [1.29, 1.82) is 0 Å². The van der Waals surface area contributed by atoms with Gasteiger partial charge in [0.1, 0.15) is 18.2 Å². The second-order valence-electron chi connectivity index (χ2n) is 7.34. The van der Waals surface area contributed by atoms with Gasteiger partial charge in [-0.25, -0.2) is 4.39 Å². The first-order chi connectivity index (χ1) is 15.5. The van der Waals surface area contributed by atoms with Crippen LogP contribution >= 0.6 is 23.4 Å². The van der Waals surface area contributed by atoms with Crippen LogP contribution in [0, 0.1) is 5.82 Å². The summed E-state index contributed by atoms with van der Waals surface area (Å²) < 4.78 is 19.3. The van der Waals surface area contributed by atoms with Crippen molar-refractivity contribution in [2.45, 2.75) is 18.9 Å². The van der Waals surface area contributed by atoms with Crippen molar-refractivity contribution in [3.63, 3.8) is 0 Å². The Morgan fingerprint density at radius 3 is 2.56 bits per heavy atom. The lowest BCUT2D eigenvalue weighted by Gasteiger charge is -2.25. The predicted octanol–water partition coefficient (Wildman–Crippen LogP) is 5.62. The number of pyridine rings is 1. The molecule has 1 aromatic heterocycles. The second kappa shape index (κ2) is 10.1. The number of aryl methyl sites for hydroxylation is 1. The van der Waals surface area contributed by atoms with E-state index in [9.17, 15) is 14.0 Å². The van der Waals surface area contributed by atoms with E-state index in [2.05, 4.69) is 4.98 Å². The van der Waals surface area contributed by atoms with Crippen molar-refractivity contribution in [3.05, 3.63) is 83.4 Å². The molecule has 3 aromatic rings. The zero-order valence-electron chi connectivity index (χ0n) is 17.0. The lowest BCUT2D eigenvalue weighted by molar-refractivity contribution is -0.126. The third-order valence-electron chi connectivity index (χ3n) is 5.19. The summed E-state index contributed by atoms with van der Waals surface area (Å²) in [6, 6.07) is 15.3. The van der Waals surface area contributed by atoms with Gasteiger partial charge >= 0.3 is 0 Å². The van der Waals surface area contributed by atoms with Crippen LogP contribution < -0.4 is 4.74 Å². The molecular formula is C24H20ClFN2O3S. The number of carbonyl (C=O) groups excluding carboxylic acids is 2. The molecule has 0 aliphatic carbocycles. The molecule has 2 heterocycles. The van der Waals surface area contributed by atoms with Gasteiger partial charge in [0.05, 0.1) is 16.8 Å². The smallest absolute Gasteiger partial charge is 0.289 e. The lowest BCUT2D eigenvalue weighted by atomic mass is 10.1. The summed E-state index contributed by atoms with van der Waals surface area (Å²) in [6.07, 6.45) is 4.74. The minimum absolute atomic E-state index is 0.0668. The molecule has 0 spiro atoms. The quantitative estimate of drug-likeness (QED) is 0.428. The number of thioether (sulfide) groups is 1. The van der Waals surface area contributed by atoms with Crippen molar-refractivity contribution in [2.24, 2.45) is 0 Å². The maximum Gasteiger partial charge on any atom is 0.289 e. The Labute approximate surface area is 194 Å². The van der Waals surface area contributed by atoms with E-state index in [1.165, 1.54) is 11.0 Å². The van der Waals surface area contributed by atoms with Crippen LogP contribution in [0.4, 0.5) is 9.18 Å². The Kier molecular flexibility index (Phi) is 7.07. The molecule has 164 valence electrons. The maximum atomic E-state index is 13.4. The average Bonchev–Trinajstić information content (AvgIpc) is 3.15. The number of hydrogen-bond donors (Lipinski definition) is 0. The van der Waals surface area contributed by atoms with Crippen LogP contribution in [-0.4, -0.2) is 39.4 Å². The molecule has 32 heavy (non-hydrogen) atoms. The van der Waals surface area contributed by atoms with E-state index in [0.717, 1.165) is 28.5 Å². The van der Waals surface area contributed by atoms with Crippen LogP contribution in [0.3, 0.4) is 0 Å². The number of carbonyl (C=O) groups is 2. The van der Waals surface area contributed by atoms with Crippen LogP contribution in [-0.2, 0) is 11.2 Å². The van der Waals surface area contributed by atoms with Gasteiger partial charge in [0.2, 0.25) is 5.91 Å². The summed E-state index contributed by atoms with van der Waals surface area (Å²) in [6.45, 7) is 0.194. The minimum atomic E-state index is -0.461. The van der Waals surface area contributed by atoms with Gasteiger partial charge in [-0.05, 0) is 59.9 Å². The SMILES string of the molecule is O=C1CSC(=O)N1C(CCc1cccnc1)COc1ccc(-c2ccc(F)c(Cl)c2)cc1. The van der Waals surface area contributed by atoms with E-state index in [4.69, 9.17) is 16.3 Å². The molecule has 8 heteroatoms. The summed E-state index contributed by atoms with van der Waals surface area (Å²) in [5, 5.41) is -0.171. The van der Waals surface area contributed by atoms with Crippen molar-refractivity contribution in [3.8, 4) is 16.9 Å². The first kappa shape index (κ1) is 22.3. The third kappa shape index (κ3) is 5.29. The van der Waals surface area contributed by atoms with Gasteiger partial charge in [-0.15, -0.1) is 0 Å². The lowest BCUT2D eigenvalue weighted by Crippen LogP contribution is -2.43. The topological polar surface area (TPSA) is 59.5 Å². The van der Waals surface area contributed by atoms with E-state index < -0.39 is 5.82 Å². The molecule has 1 aliphatic rings. The molecule has 5 nitrogen and oxygen atoms in total.